The number of carboxylic acid groups (broad SMARTS) is 1. The molecule has 1 aromatic rings. The van der Waals surface area contributed by atoms with Crippen molar-refractivity contribution in [3.05, 3.63) is 35.7 Å². The third kappa shape index (κ3) is 3.57. The number of halogens is 1. The number of hydrogen-bond donors (Lipinski definition) is 1. The molecule has 1 aliphatic rings. The molecule has 2 rings (SSSR count). The molecule has 0 spiro atoms. The highest BCUT2D eigenvalue weighted by atomic mass is 19.1. The lowest BCUT2D eigenvalue weighted by Gasteiger charge is -2.33. The van der Waals surface area contributed by atoms with Crippen molar-refractivity contribution in [3.8, 4) is 0 Å². The number of rotatable bonds is 4. The number of nitrogens with zero attached hydrogens (tertiary/aromatic N) is 1. The molecule has 4 nitrogen and oxygen atoms in total. The van der Waals surface area contributed by atoms with Crippen LogP contribution in [0.2, 0.25) is 0 Å². The Bertz CT molecular complexity index is 508. The molecule has 0 bridgehead atoms. The lowest BCUT2D eigenvalue weighted by atomic mass is 10.0. The van der Waals surface area contributed by atoms with E-state index in [-0.39, 0.29) is 11.9 Å². The average Bonchev–Trinajstić information content (AvgIpc) is 2.45. The van der Waals surface area contributed by atoms with E-state index in [9.17, 15) is 9.18 Å². The van der Waals surface area contributed by atoms with Crippen LogP contribution >= 0.6 is 0 Å². The van der Waals surface area contributed by atoms with Crippen LogP contribution in [0.4, 0.5) is 10.1 Å². The van der Waals surface area contributed by atoms with Gasteiger partial charge in [0, 0.05) is 37.5 Å². The first-order chi connectivity index (χ1) is 9.60. The third-order valence-electron chi connectivity index (χ3n) is 3.51. The molecule has 1 aromatic carbocycles. The summed E-state index contributed by atoms with van der Waals surface area (Å²) in [6.45, 7) is 1.64. The maximum absolute atomic E-state index is 13.3. The van der Waals surface area contributed by atoms with Crippen molar-refractivity contribution in [2.45, 2.75) is 18.9 Å². The quantitative estimate of drug-likeness (QED) is 0.860. The van der Waals surface area contributed by atoms with E-state index >= 15 is 0 Å². The second-order valence-electron chi connectivity index (χ2n) is 4.80. The number of piperidine rings is 1. The van der Waals surface area contributed by atoms with Gasteiger partial charge >= 0.3 is 5.97 Å². The number of anilines is 1. The van der Waals surface area contributed by atoms with Gasteiger partial charge in [-0.1, -0.05) is 0 Å². The molecule has 0 aliphatic carbocycles. The number of hydrogen-bond acceptors (Lipinski definition) is 3. The monoisotopic (exact) mass is 279 g/mol. The van der Waals surface area contributed by atoms with Crippen LogP contribution in [-0.2, 0) is 9.53 Å². The van der Waals surface area contributed by atoms with Gasteiger partial charge in [-0.05, 0) is 37.1 Å². The number of carbonyl (C=O) groups is 1. The predicted molar refractivity (Wildman–Crippen MR) is 75.3 cm³/mol. The molecule has 1 heterocycles. The summed E-state index contributed by atoms with van der Waals surface area (Å²) in [6.07, 6.45) is 4.56. The Kier molecular flexibility index (Phi) is 4.74. The molecule has 5 heteroatoms. The van der Waals surface area contributed by atoms with Crippen LogP contribution in [0.5, 0.6) is 0 Å². The summed E-state index contributed by atoms with van der Waals surface area (Å²) in [5.41, 5.74) is 1.45. The van der Waals surface area contributed by atoms with Gasteiger partial charge in [-0.15, -0.1) is 0 Å². The summed E-state index contributed by atoms with van der Waals surface area (Å²) in [5.74, 6) is -1.41. The molecule has 0 aromatic heterocycles. The van der Waals surface area contributed by atoms with E-state index in [0.717, 1.165) is 37.7 Å². The topological polar surface area (TPSA) is 49.8 Å². The van der Waals surface area contributed by atoms with Gasteiger partial charge in [0.15, 0.2) is 0 Å². The van der Waals surface area contributed by atoms with Crippen molar-refractivity contribution >= 4 is 17.7 Å². The zero-order chi connectivity index (χ0) is 14.5. The molecule has 1 aliphatic heterocycles. The zero-order valence-electron chi connectivity index (χ0n) is 11.4. The summed E-state index contributed by atoms with van der Waals surface area (Å²) in [6, 6.07) is 4.46. The molecule has 0 saturated carbocycles. The van der Waals surface area contributed by atoms with E-state index in [4.69, 9.17) is 9.84 Å². The minimum atomic E-state index is -1.04. The van der Waals surface area contributed by atoms with Crippen LogP contribution in [-0.4, -0.2) is 37.4 Å². The lowest BCUT2D eigenvalue weighted by Crippen LogP contribution is -2.37. The fourth-order valence-corrected chi connectivity index (χ4v) is 2.44. The van der Waals surface area contributed by atoms with Crippen molar-refractivity contribution in [2.24, 2.45) is 0 Å². The summed E-state index contributed by atoms with van der Waals surface area (Å²) < 4.78 is 18.7. The van der Waals surface area contributed by atoms with Crippen LogP contribution in [0.25, 0.3) is 6.08 Å². The number of carboxylic acids is 1. The zero-order valence-corrected chi connectivity index (χ0v) is 11.4. The highest BCUT2D eigenvalue weighted by Gasteiger charge is 2.20. The van der Waals surface area contributed by atoms with Gasteiger partial charge in [0.1, 0.15) is 5.82 Å². The molecule has 1 fully saturated rings. The number of ether oxygens (including phenoxy) is 1. The first-order valence-corrected chi connectivity index (χ1v) is 6.58. The average molecular weight is 279 g/mol. The third-order valence-corrected chi connectivity index (χ3v) is 3.51. The maximum Gasteiger partial charge on any atom is 0.328 e. The number of aliphatic carboxylic acids is 1. The van der Waals surface area contributed by atoms with E-state index in [2.05, 4.69) is 4.90 Å². The van der Waals surface area contributed by atoms with Crippen LogP contribution in [0.1, 0.15) is 18.4 Å². The van der Waals surface area contributed by atoms with E-state index in [0.29, 0.717) is 5.56 Å². The van der Waals surface area contributed by atoms with E-state index in [1.165, 1.54) is 18.2 Å². The fraction of sp³-hybridized carbons (Fsp3) is 0.400. The van der Waals surface area contributed by atoms with E-state index in [1.807, 2.05) is 0 Å². The van der Waals surface area contributed by atoms with E-state index < -0.39 is 5.97 Å². The Morgan fingerprint density at radius 1 is 1.45 bits per heavy atom. The Labute approximate surface area is 117 Å². The van der Waals surface area contributed by atoms with Gasteiger partial charge in [0.2, 0.25) is 0 Å². The van der Waals surface area contributed by atoms with Crippen LogP contribution in [0, 0.1) is 5.82 Å². The normalized spacial score (nSPS) is 16.8. The summed E-state index contributed by atoms with van der Waals surface area (Å²) in [5, 5.41) is 8.70. The molecule has 0 radical (unpaired) electrons. The second kappa shape index (κ2) is 6.52. The molecular weight excluding hydrogens is 261 g/mol. The first-order valence-electron chi connectivity index (χ1n) is 6.58. The Balaban J connectivity index is 2.20. The largest absolute Gasteiger partial charge is 0.478 e. The van der Waals surface area contributed by atoms with Crippen molar-refractivity contribution in [3.63, 3.8) is 0 Å². The minimum Gasteiger partial charge on any atom is -0.478 e. The van der Waals surface area contributed by atoms with Crippen molar-refractivity contribution < 1.29 is 19.0 Å². The molecule has 0 unspecified atom stereocenters. The van der Waals surface area contributed by atoms with Crippen LogP contribution in [0.3, 0.4) is 0 Å². The molecular formula is C15H18FNO3. The standard InChI is InChI=1S/C15H18FNO3/c1-20-13-6-8-17(9-7-13)14-4-3-12(16)10-11(14)2-5-15(18)19/h2-5,10,13H,6-9H2,1H3,(H,18,19)/b5-2+. The van der Waals surface area contributed by atoms with Gasteiger partial charge < -0.3 is 14.7 Å². The maximum atomic E-state index is 13.3. The summed E-state index contributed by atoms with van der Waals surface area (Å²) >= 11 is 0. The number of benzene rings is 1. The molecule has 20 heavy (non-hydrogen) atoms. The Morgan fingerprint density at radius 2 is 2.15 bits per heavy atom. The van der Waals surface area contributed by atoms with Gasteiger partial charge in [-0.25, -0.2) is 9.18 Å². The van der Waals surface area contributed by atoms with E-state index in [1.54, 1.807) is 13.2 Å². The van der Waals surface area contributed by atoms with Gasteiger partial charge in [-0.3, -0.25) is 0 Å². The molecule has 0 amide bonds. The number of methoxy groups -OCH3 is 1. The highest BCUT2D eigenvalue weighted by molar-refractivity contribution is 5.87. The van der Waals surface area contributed by atoms with Crippen LogP contribution in [0.15, 0.2) is 24.3 Å². The predicted octanol–water partition coefficient (Wildman–Crippen LogP) is 2.54. The summed E-state index contributed by atoms with van der Waals surface area (Å²) in [4.78, 5) is 12.8. The molecule has 1 N–H and O–H groups in total. The van der Waals surface area contributed by atoms with Gasteiger partial charge in [0.25, 0.3) is 0 Å². The van der Waals surface area contributed by atoms with Crippen molar-refractivity contribution in [1.82, 2.24) is 0 Å². The Hall–Kier alpha value is -1.88. The van der Waals surface area contributed by atoms with Crippen molar-refractivity contribution in [2.75, 3.05) is 25.1 Å². The van der Waals surface area contributed by atoms with Gasteiger partial charge in [-0.2, -0.15) is 0 Å². The van der Waals surface area contributed by atoms with Crippen molar-refractivity contribution in [1.29, 1.82) is 0 Å². The minimum absolute atomic E-state index is 0.268. The molecule has 1 saturated heterocycles. The lowest BCUT2D eigenvalue weighted by molar-refractivity contribution is -0.131. The smallest absolute Gasteiger partial charge is 0.328 e. The second-order valence-corrected chi connectivity index (χ2v) is 4.80. The highest BCUT2D eigenvalue weighted by Crippen LogP contribution is 2.26. The Morgan fingerprint density at radius 3 is 2.75 bits per heavy atom. The first kappa shape index (κ1) is 14.5. The molecule has 0 atom stereocenters. The summed E-state index contributed by atoms with van der Waals surface area (Å²) in [7, 11) is 1.71. The van der Waals surface area contributed by atoms with Crippen LogP contribution < -0.4 is 4.90 Å². The SMILES string of the molecule is COC1CCN(c2ccc(F)cc2/C=C/C(=O)O)CC1. The molecule has 108 valence electrons. The fourth-order valence-electron chi connectivity index (χ4n) is 2.44. The van der Waals surface area contributed by atoms with Gasteiger partial charge in [0.05, 0.1) is 6.10 Å².